The number of Topliss-reactive ketones (excluding diaryl/α,β-unsaturated/α-hetero) is 1. The number of benzene rings is 5. The Balaban J connectivity index is 0.000000446. The number of carbonyl (C=O) groups excluding carboxylic acids is 7. The second kappa shape index (κ2) is 41.2. The van der Waals surface area contributed by atoms with Crippen molar-refractivity contribution in [2.24, 2.45) is 17.2 Å². The standard InChI is InChI=1S/C24H25ClFN5O4.C14H18ClFN2O2.C10H9Cl2FO.C10H9N3O3.C5H11NO.CH2O3.2K.H/c1-24(35)9-15(10-24)30(12-19(32)28-11-14-5-4-7-17(25)21(14)26)20(33)13-31-18-8-3-2-6-16(18)22(29-31)23(27)34;1-14(20)5-10(6-14)17-8-12(19)18-7-9-3-2-4-11(15)13(9)16;11-6-8(14)5-4-7-2-1-3-9(12)10(7)13;11-10(16)9-6-3-1-2-4-7(6)13(12-9)5-8(14)15;1-5(7)2-4(6)3-5;2-1-4-3;;;/h2-8,15,35H,9-13H2,1H3,(H2,27,34)(H,28,32);2-4,10,17,20H,5-8H2,1H3,(H,18,19);1-3H,4-6H2;1-4H,5H2,(H2,11,16)(H,14,15);4,7H,2-3,6H2,1H3;1,3H;;;/q;;;;;;2*+1;-1/p-1. The van der Waals surface area contributed by atoms with Crippen LogP contribution in [-0.2, 0) is 66.3 Å². The molecule has 98 heavy (non-hydrogen) atoms. The number of carboxylic acids is 1. The van der Waals surface area contributed by atoms with Crippen molar-refractivity contribution < 1.29 is 186 Å². The number of fused-ring (bicyclic) bond motifs is 2. The van der Waals surface area contributed by atoms with Crippen LogP contribution >= 0.6 is 46.4 Å². The van der Waals surface area contributed by atoms with Crippen molar-refractivity contribution in [2.75, 3.05) is 19.0 Å². The first kappa shape index (κ1) is 87.2. The van der Waals surface area contributed by atoms with Crippen molar-refractivity contribution in [1.82, 2.24) is 40.4 Å². The van der Waals surface area contributed by atoms with E-state index in [2.05, 4.69) is 31.0 Å². The minimum atomic E-state index is -1.02. The molecule has 5 amide bonds. The number of ketones is 1. The summed E-state index contributed by atoms with van der Waals surface area (Å²) in [4.78, 5) is 94.7. The van der Waals surface area contributed by atoms with Crippen LogP contribution in [0.5, 0.6) is 0 Å². The molecule has 3 aliphatic carbocycles. The molecule has 0 atom stereocenters. The zero-order chi connectivity index (χ0) is 71.2. The number of primary amides is 2. The molecular weight excluding hydrogens is 1420 g/mol. The summed E-state index contributed by atoms with van der Waals surface area (Å²) in [5.41, 5.74) is 16.3. The summed E-state index contributed by atoms with van der Waals surface area (Å²) in [5, 5.41) is 63.4. The van der Waals surface area contributed by atoms with Gasteiger partial charge in [-0.15, -0.1) is 11.6 Å². The van der Waals surface area contributed by atoms with Crippen molar-refractivity contribution in [2.45, 2.75) is 133 Å². The van der Waals surface area contributed by atoms with Gasteiger partial charge in [-0.2, -0.15) is 10.2 Å². The summed E-state index contributed by atoms with van der Waals surface area (Å²) in [6.45, 7) is 4.41. The number of rotatable bonds is 21. The van der Waals surface area contributed by atoms with E-state index >= 15 is 0 Å². The summed E-state index contributed by atoms with van der Waals surface area (Å²) >= 11 is 22.3. The predicted molar refractivity (Wildman–Crippen MR) is 349 cm³/mol. The Hall–Kier alpha value is -5.02. The maximum absolute atomic E-state index is 14.1. The van der Waals surface area contributed by atoms with Crippen LogP contribution in [0, 0.1) is 17.5 Å². The summed E-state index contributed by atoms with van der Waals surface area (Å²) in [6.07, 6.45) is 4.04. The number of aryl methyl sites for hydroxylation is 1. The van der Waals surface area contributed by atoms with E-state index < -0.39 is 63.9 Å². The zero-order valence-electron chi connectivity index (χ0n) is 55.2. The molecule has 25 nitrogen and oxygen atoms in total. The maximum Gasteiger partial charge on any atom is 1.00 e. The van der Waals surface area contributed by atoms with Gasteiger partial charge in [0.05, 0.1) is 61.9 Å². The van der Waals surface area contributed by atoms with E-state index in [-0.39, 0.29) is 224 Å². The first-order valence-corrected chi connectivity index (χ1v) is 31.2. The van der Waals surface area contributed by atoms with Gasteiger partial charge < -0.3 is 70.0 Å². The topological polar surface area (TPSA) is 403 Å². The Morgan fingerprint density at radius 1 is 0.663 bits per heavy atom. The molecule has 0 spiro atoms. The fourth-order valence-corrected chi connectivity index (χ4v) is 11.1. The van der Waals surface area contributed by atoms with Gasteiger partial charge in [-0.25, -0.2) is 13.2 Å². The molecule has 3 aliphatic rings. The van der Waals surface area contributed by atoms with Gasteiger partial charge in [0, 0.05) is 59.5 Å². The van der Waals surface area contributed by atoms with Crippen molar-refractivity contribution in [3.8, 4) is 0 Å². The van der Waals surface area contributed by atoms with Crippen LogP contribution in [0.2, 0.25) is 15.1 Å². The molecule has 5 aromatic carbocycles. The fraction of sp³-hybridized carbons (Fsp3) is 0.375. The number of aromatic nitrogens is 4. The Kier molecular flexibility index (Phi) is 36.6. The molecule has 0 unspecified atom stereocenters. The van der Waals surface area contributed by atoms with Crippen LogP contribution < -0.4 is 141 Å². The smallest absolute Gasteiger partial charge is 1.00 e. The van der Waals surface area contributed by atoms with Crippen LogP contribution in [0.1, 0.15) is 105 Å². The summed E-state index contributed by atoms with van der Waals surface area (Å²) in [6, 6.07) is 27.7. The third kappa shape index (κ3) is 27.4. The van der Waals surface area contributed by atoms with E-state index in [1.54, 1.807) is 92.7 Å². The number of hydrogen-bond donors (Lipinski definition) is 10. The van der Waals surface area contributed by atoms with Crippen molar-refractivity contribution in [3.05, 3.63) is 164 Å². The fourth-order valence-electron chi connectivity index (χ4n) is 10.4. The van der Waals surface area contributed by atoms with Gasteiger partial charge in [0.1, 0.15) is 36.3 Å². The van der Waals surface area contributed by atoms with Crippen molar-refractivity contribution in [3.63, 3.8) is 0 Å². The third-order valence-corrected chi connectivity index (χ3v) is 16.2. The van der Waals surface area contributed by atoms with E-state index in [1.165, 1.54) is 38.5 Å². The zero-order valence-corrected chi connectivity index (χ0v) is 63.5. The third-order valence-electron chi connectivity index (χ3n) is 15.0. The number of alkyl halides is 1. The molecule has 2 aromatic heterocycles. The normalized spacial score (nSPS) is 19.0. The Bertz CT molecular complexity index is 3890. The second-order valence-corrected chi connectivity index (χ2v) is 24.9. The van der Waals surface area contributed by atoms with Gasteiger partial charge in [0.2, 0.25) is 17.7 Å². The molecule has 0 bridgehead atoms. The molecular formula is C64H74Cl4F3K2N11O14. The maximum atomic E-state index is 14.1. The van der Waals surface area contributed by atoms with Gasteiger partial charge in [-0.1, -0.05) is 108 Å². The number of nitrogens with zero attached hydrogens (tertiary/aromatic N) is 5. The predicted octanol–water partition coefficient (Wildman–Crippen LogP) is -0.562. The number of carbonyl (C=O) groups is 8. The van der Waals surface area contributed by atoms with Crippen LogP contribution in [-0.4, -0.2) is 147 Å². The first-order valence-electron chi connectivity index (χ1n) is 29.5. The molecule has 2 heterocycles. The number of nitrogens with two attached hydrogens (primary N) is 3. The molecule has 0 aliphatic heterocycles. The summed E-state index contributed by atoms with van der Waals surface area (Å²) in [7, 11) is 0. The summed E-state index contributed by atoms with van der Waals surface area (Å²) < 4.78 is 43.6. The number of aliphatic hydroxyl groups is 3. The van der Waals surface area contributed by atoms with Gasteiger partial charge in [-0.3, -0.25) is 47.7 Å². The molecule has 0 saturated heterocycles. The number of hydrogen-bond acceptors (Lipinski definition) is 17. The van der Waals surface area contributed by atoms with Crippen molar-refractivity contribution >= 4 is 116 Å². The number of carboxylic acid groups (broad SMARTS) is 1. The summed E-state index contributed by atoms with van der Waals surface area (Å²) in [5.74, 6) is -5.21. The quantitative estimate of drug-likeness (QED) is 0.0142. The Morgan fingerprint density at radius 2 is 1.07 bits per heavy atom. The van der Waals surface area contributed by atoms with E-state index in [1.807, 2.05) is 6.92 Å². The largest absolute Gasteiger partial charge is 1.00 e. The van der Waals surface area contributed by atoms with Gasteiger partial charge in [-0.05, 0) is 102 Å². The first-order chi connectivity index (χ1) is 45.2. The SMILES string of the molecule is CC1(O)CC(N(CC(=O)NCc2cccc(Cl)c2F)C(=O)Cn2nc(C(N)=O)c3ccccc32)C1.CC1(O)CC(N)C1.CC1(O)CC(NCC(=O)NCc2cccc(Cl)c2F)C1.NC(=O)c1nn(CC(=O)O)c2ccccc12.O=C(CCl)CCc1cccc(Cl)c1F.O=CO[O-].[H-].[K+].[K+]. The average Bonchev–Trinajstić information content (AvgIpc) is 1.53. The minimum absolute atomic E-state index is 0. The van der Waals surface area contributed by atoms with Crippen LogP contribution in [0.15, 0.2) is 103 Å². The van der Waals surface area contributed by atoms with Gasteiger partial charge >= 0.3 is 109 Å². The second-order valence-electron chi connectivity index (χ2n) is 23.5. The van der Waals surface area contributed by atoms with Gasteiger partial charge in [0.15, 0.2) is 11.4 Å². The number of amides is 5. The molecule has 0 radical (unpaired) electrons. The number of halogens is 7. The Morgan fingerprint density at radius 3 is 1.46 bits per heavy atom. The molecule has 7 aromatic rings. The van der Waals surface area contributed by atoms with E-state index in [9.17, 15) is 56.9 Å². The molecule has 520 valence electrons. The Labute approximate surface area is 668 Å². The van der Waals surface area contributed by atoms with Crippen molar-refractivity contribution in [1.29, 1.82) is 0 Å². The van der Waals surface area contributed by atoms with Gasteiger partial charge in [0.25, 0.3) is 18.3 Å². The molecule has 10 rings (SSSR count). The van der Waals surface area contributed by atoms with Crippen LogP contribution in [0.4, 0.5) is 13.2 Å². The molecule has 3 fully saturated rings. The average molecular weight is 1500 g/mol. The van der Waals surface area contributed by atoms with Crippen LogP contribution in [0.3, 0.4) is 0 Å². The van der Waals surface area contributed by atoms with Crippen LogP contribution in [0.25, 0.3) is 21.8 Å². The van der Waals surface area contributed by atoms with E-state index in [4.69, 9.17) is 83.9 Å². The number of nitrogens with one attached hydrogen (secondary N) is 3. The number of para-hydroxylation sites is 2. The molecule has 3 saturated carbocycles. The van der Waals surface area contributed by atoms with E-state index in [0.29, 0.717) is 65.0 Å². The number of aliphatic carboxylic acids is 1. The molecule has 34 heteroatoms. The molecule has 13 N–H and O–H groups in total. The monoisotopic (exact) mass is 1500 g/mol. The minimum Gasteiger partial charge on any atom is -1.00 e. The van der Waals surface area contributed by atoms with E-state index in [0.717, 1.165) is 12.8 Å².